The standard InChI is InChI=1S/C13H20O/c1-3-4-5-6-9-13(2)10-7-12(14)8-11-13/h4-5,7,10H,3,6,8-9,11H2,1-2H3/b5-4-/t13-/m1/s1. The third-order valence-electron chi connectivity index (χ3n) is 2.90. The van der Waals surface area contributed by atoms with E-state index < -0.39 is 0 Å². The zero-order valence-corrected chi connectivity index (χ0v) is 9.25. The summed E-state index contributed by atoms with van der Waals surface area (Å²) >= 11 is 0. The zero-order chi connectivity index (χ0) is 10.4. The van der Waals surface area contributed by atoms with E-state index in [-0.39, 0.29) is 11.2 Å². The number of ketones is 1. The van der Waals surface area contributed by atoms with Crippen LogP contribution in [0.2, 0.25) is 0 Å². The molecular formula is C13H20O. The molecule has 1 nitrogen and oxygen atoms in total. The highest BCUT2D eigenvalue weighted by Gasteiger charge is 2.24. The van der Waals surface area contributed by atoms with Gasteiger partial charge in [0.05, 0.1) is 0 Å². The highest BCUT2D eigenvalue weighted by molar-refractivity contribution is 5.90. The molecule has 0 aliphatic heterocycles. The van der Waals surface area contributed by atoms with Crippen molar-refractivity contribution in [2.24, 2.45) is 5.41 Å². The lowest BCUT2D eigenvalue weighted by molar-refractivity contribution is -0.115. The summed E-state index contributed by atoms with van der Waals surface area (Å²) in [6, 6.07) is 0. The average molecular weight is 192 g/mol. The van der Waals surface area contributed by atoms with Crippen molar-refractivity contribution < 1.29 is 4.79 Å². The van der Waals surface area contributed by atoms with E-state index in [4.69, 9.17) is 0 Å². The van der Waals surface area contributed by atoms with Crippen LogP contribution in [0.15, 0.2) is 24.3 Å². The summed E-state index contributed by atoms with van der Waals surface area (Å²) in [6.07, 6.45) is 13.5. The second-order valence-corrected chi connectivity index (χ2v) is 4.37. The summed E-state index contributed by atoms with van der Waals surface area (Å²) in [5, 5.41) is 0. The van der Waals surface area contributed by atoms with Crippen LogP contribution < -0.4 is 0 Å². The highest BCUT2D eigenvalue weighted by atomic mass is 16.1. The topological polar surface area (TPSA) is 17.1 Å². The van der Waals surface area contributed by atoms with Crippen molar-refractivity contribution in [3.05, 3.63) is 24.3 Å². The summed E-state index contributed by atoms with van der Waals surface area (Å²) in [7, 11) is 0. The van der Waals surface area contributed by atoms with E-state index in [1.54, 1.807) is 6.08 Å². The van der Waals surface area contributed by atoms with Crippen LogP contribution in [0.1, 0.15) is 46.0 Å². The fourth-order valence-electron chi connectivity index (χ4n) is 1.78. The van der Waals surface area contributed by atoms with Crippen LogP contribution in [-0.2, 0) is 4.79 Å². The molecule has 0 saturated carbocycles. The summed E-state index contributed by atoms with van der Waals surface area (Å²) < 4.78 is 0. The molecule has 1 aliphatic rings. The van der Waals surface area contributed by atoms with Gasteiger partial charge in [-0.25, -0.2) is 0 Å². The lowest BCUT2D eigenvalue weighted by Gasteiger charge is -2.27. The normalized spacial score (nSPS) is 27.4. The molecule has 0 bridgehead atoms. The average Bonchev–Trinajstić information content (AvgIpc) is 2.18. The molecule has 0 heterocycles. The molecule has 1 rings (SSSR count). The molecule has 78 valence electrons. The first kappa shape index (κ1) is 11.2. The quantitative estimate of drug-likeness (QED) is 0.621. The Morgan fingerprint density at radius 3 is 2.86 bits per heavy atom. The van der Waals surface area contributed by atoms with Crippen molar-refractivity contribution in [2.45, 2.75) is 46.0 Å². The van der Waals surface area contributed by atoms with Gasteiger partial charge in [-0.2, -0.15) is 0 Å². The maximum atomic E-state index is 11.0. The van der Waals surface area contributed by atoms with Crippen LogP contribution in [0.5, 0.6) is 0 Å². The molecular weight excluding hydrogens is 172 g/mol. The molecule has 1 aliphatic carbocycles. The van der Waals surface area contributed by atoms with Gasteiger partial charge in [-0.1, -0.05) is 32.1 Å². The maximum Gasteiger partial charge on any atom is 0.155 e. The lowest BCUT2D eigenvalue weighted by atomic mass is 9.77. The van der Waals surface area contributed by atoms with Gasteiger partial charge in [0.2, 0.25) is 0 Å². The smallest absolute Gasteiger partial charge is 0.155 e. The molecule has 0 fully saturated rings. The first-order valence-corrected chi connectivity index (χ1v) is 5.53. The van der Waals surface area contributed by atoms with Crippen molar-refractivity contribution >= 4 is 5.78 Å². The van der Waals surface area contributed by atoms with Gasteiger partial charge in [-0.05, 0) is 37.2 Å². The molecule has 1 heteroatoms. The number of allylic oxidation sites excluding steroid dienone is 4. The Balaban J connectivity index is 2.39. The van der Waals surface area contributed by atoms with E-state index in [2.05, 4.69) is 32.1 Å². The largest absolute Gasteiger partial charge is 0.295 e. The summed E-state index contributed by atoms with van der Waals surface area (Å²) in [5.74, 6) is 0.284. The van der Waals surface area contributed by atoms with Gasteiger partial charge in [0.25, 0.3) is 0 Å². The highest BCUT2D eigenvalue weighted by Crippen LogP contribution is 2.33. The predicted molar refractivity (Wildman–Crippen MR) is 60.2 cm³/mol. The second kappa shape index (κ2) is 5.14. The van der Waals surface area contributed by atoms with Crippen molar-refractivity contribution in [3.63, 3.8) is 0 Å². The van der Waals surface area contributed by atoms with Crippen molar-refractivity contribution in [2.75, 3.05) is 0 Å². The second-order valence-electron chi connectivity index (χ2n) is 4.37. The van der Waals surface area contributed by atoms with Crippen molar-refractivity contribution in [1.82, 2.24) is 0 Å². The van der Waals surface area contributed by atoms with E-state index in [1.165, 1.54) is 0 Å². The van der Waals surface area contributed by atoms with E-state index in [0.717, 1.165) is 32.1 Å². The molecule has 0 saturated heterocycles. The van der Waals surface area contributed by atoms with Gasteiger partial charge in [-0.3, -0.25) is 4.79 Å². The van der Waals surface area contributed by atoms with Gasteiger partial charge in [0, 0.05) is 6.42 Å². The number of rotatable bonds is 4. The Bertz CT molecular complexity index is 250. The minimum atomic E-state index is 0.256. The van der Waals surface area contributed by atoms with Gasteiger partial charge >= 0.3 is 0 Å². The van der Waals surface area contributed by atoms with Crippen LogP contribution >= 0.6 is 0 Å². The minimum absolute atomic E-state index is 0.256. The minimum Gasteiger partial charge on any atom is -0.295 e. The fraction of sp³-hybridized carbons (Fsp3) is 0.615. The third kappa shape index (κ3) is 3.49. The van der Waals surface area contributed by atoms with Crippen LogP contribution in [0.25, 0.3) is 0 Å². The van der Waals surface area contributed by atoms with E-state index >= 15 is 0 Å². The van der Waals surface area contributed by atoms with Crippen molar-refractivity contribution in [1.29, 1.82) is 0 Å². The van der Waals surface area contributed by atoms with Crippen molar-refractivity contribution in [3.8, 4) is 0 Å². The number of carbonyl (C=O) groups is 1. The fourth-order valence-corrected chi connectivity index (χ4v) is 1.78. The predicted octanol–water partition coefficient (Wildman–Crippen LogP) is 3.66. The molecule has 0 aromatic heterocycles. The number of hydrogen-bond donors (Lipinski definition) is 0. The molecule has 0 unspecified atom stereocenters. The SMILES string of the molecule is CC/C=C\CC[C@]1(C)C=CC(=O)CC1. The van der Waals surface area contributed by atoms with E-state index in [0.29, 0.717) is 0 Å². The molecule has 1 atom stereocenters. The number of carbonyl (C=O) groups excluding carboxylic acids is 1. The van der Waals surface area contributed by atoms with Crippen LogP contribution in [0.3, 0.4) is 0 Å². The Morgan fingerprint density at radius 2 is 2.29 bits per heavy atom. The first-order chi connectivity index (χ1) is 6.66. The summed E-state index contributed by atoms with van der Waals surface area (Å²) in [4.78, 5) is 11.0. The molecule has 0 aromatic carbocycles. The summed E-state index contributed by atoms with van der Waals surface area (Å²) in [6.45, 7) is 4.40. The molecule has 0 spiro atoms. The maximum absolute atomic E-state index is 11.0. The van der Waals surface area contributed by atoms with E-state index in [9.17, 15) is 4.79 Å². The molecule has 0 aromatic rings. The summed E-state index contributed by atoms with van der Waals surface area (Å²) in [5.41, 5.74) is 0.256. The Morgan fingerprint density at radius 1 is 1.50 bits per heavy atom. The van der Waals surface area contributed by atoms with Gasteiger partial charge in [-0.15, -0.1) is 0 Å². The van der Waals surface area contributed by atoms with Crippen LogP contribution in [0, 0.1) is 5.41 Å². The van der Waals surface area contributed by atoms with Gasteiger partial charge < -0.3 is 0 Å². The Labute approximate surface area is 86.9 Å². The van der Waals surface area contributed by atoms with Gasteiger partial charge in [0.15, 0.2) is 5.78 Å². The van der Waals surface area contributed by atoms with Gasteiger partial charge in [0.1, 0.15) is 0 Å². The molecule has 14 heavy (non-hydrogen) atoms. The third-order valence-corrected chi connectivity index (χ3v) is 2.90. The Kier molecular flexibility index (Phi) is 4.12. The van der Waals surface area contributed by atoms with Crippen LogP contribution in [0.4, 0.5) is 0 Å². The lowest BCUT2D eigenvalue weighted by Crippen LogP contribution is -2.19. The van der Waals surface area contributed by atoms with E-state index in [1.807, 2.05) is 0 Å². The molecule has 0 radical (unpaired) electrons. The molecule has 0 amide bonds. The van der Waals surface area contributed by atoms with Crippen LogP contribution in [-0.4, -0.2) is 5.78 Å². The zero-order valence-electron chi connectivity index (χ0n) is 9.25. The first-order valence-electron chi connectivity index (χ1n) is 5.53. The molecule has 0 N–H and O–H groups in total. The Hall–Kier alpha value is -0.850. The monoisotopic (exact) mass is 192 g/mol. The number of hydrogen-bond acceptors (Lipinski definition) is 1.